The van der Waals surface area contributed by atoms with Gasteiger partial charge in [0.05, 0.1) is 15.2 Å². The number of hydrogen-bond donors (Lipinski definition) is 1. The van der Waals surface area contributed by atoms with Gasteiger partial charge in [0.1, 0.15) is 36.1 Å². The van der Waals surface area contributed by atoms with E-state index in [0.717, 1.165) is 11.1 Å². The summed E-state index contributed by atoms with van der Waals surface area (Å²) in [5, 5.41) is 2.74. The Bertz CT molecular complexity index is 1450. The Hall–Kier alpha value is -4.05. The van der Waals surface area contributed by atoms with Gasteiger partial charge in [0.2, 0.25) is 0 Å². The highest BCUT2D eigenvalue weighted by atomic mass is 28.3. The molecule has 1 heterocycles. The maximum Gasteiger partial charge on any atom is 0.328 e. The summed E-state index contributed by atoms with van der Waals surface area (Å²) < 4.78 is 40.6. The standard InChI is InChI=1S/C32H36F2N2O5Si/c1-20(31(38)41-19-21-9-7-6-8-10-21)35-32(39)36-14-13-23-18-24(40-2)11-12-25(23)29(36)28(37)17-22-15-26(33)30(27(34)16-22)42(3,4)5/h6-12,15-16,18,20,29H,13-14,17,19H2,1-5H3,(H,35,39)/t20-,29-/m1/s1. The molecular weight excluding hydrogens is 558 g/mol. The number of rotatable bonds is 9. The monoisotopic (exact) mass is 594 g/mol. The van der Waals surface area contributed by atoms with Crippen molar-refractivity contribution in [3.63, 3.8) is 0 Å². The van der Waals surface area contributed by atoms with Crippen LogP contribution in [0.3, 0.4) is 0 Å². The minimum atomic E-state index is -2.30. The van der Waals surface area contributed by atoms with Gasteiger partial charge in [-0.2, -0.15) is 0 Å². The van der Waals surface area contributed by atoms with Crippen LogP contribution < -0.4 is 15.2 Å². The average Bonchev–Trinajstić information content (AvgIpc) is 2.94. The number of Topliss-reactive ketones (excluding diaryl/α,β-unsaturated/α-hetero) is 1. The quantitative estimate of drug-likeness (QED) is 0.276. The number of esters is 1. The van der Waals surface area contributed by atoms with Gasteiger partial charge in [-0.05, 0) is 59.9 Å². The Morgan fingerprint density at radius 3 is 2.29 bits per heavy atom. The lowest BCUT2D eigenvalue weighted by Crippen LogP contribution is -2.52. The van der Waals surface area contributed by atoms with Gasteiger partial charge < -0.3 is 19.7 Å². The van der Waals surface area contributed by atoms with Crippen LogP contribution in [0.4, 0.5) is 13.6 Å². The number of fused-ring (bicyclic) bond motifs is 1. The Morgan fingerprint density at radius 2 is 1.67 bits per heavy atom. The second-order valence-electron chi connectivity index (χ2n) is 11.5. The molecule has 0 aromatic heterocycles. The van der Waals surface area contributed by atoms with Gasteiger partial charge in [0.15, 0.2) is 5.78 Å². The zero-order chi connectivity index (χ0) is 30.6. The van der Waals surface area contributed by atoms with Crippen molar-refractivity contribution in [3.8, 4) is 5.75 Å². The SMILES string of the molecule is COc1ccc2c(c1)CCN(C(=O)N[C@H](C)C(=O)OCc1ccccc1)[C@H]2C(=O)Cc1cc(F)c([Si](C)(C)C)c(F)c1. The Kier molecular flexibility index (Phi) is 9.45. The van der Waals surface area contributed by atoms with E-state index in [4.69, 9.17) is 9.47 Å². The van der Waals surface area contributed by atoms with Crippen LogP contribution in [0.15, 0.2) is 60.7 Å². The fourth-order valence-corrected chi connectivity index (χ4v) is 6.80. The van der Waals surface area contributed by atoms with Crippen molar-refractivity contribution in [1.29, 1.82) is 0 Å². The topological polar surface area (TPSA) is 84.9 Å². The molecule has 0 aliphatic carbocycles. The first-order valence-corrected chi connectivity index (χ1v) is 17.3. The van der Waals surface area contributed by atoms with Crippen LogP contribution in [0.2, 0.25) is 19.6 Å². The van der Waals surface area contributed by atoms with Crippen molar-refractivity contribution in [2.75, 3.05) is 13.7 Å². The van der Waals surface area contributed by atoms with E-state index in [1.807, 2.05) is 56.0 Å². The van der Waals surface area contributed by atoms with Crippen molar-refractivity contribution >= 4 is 31.0 Å². The maximum absolute atomic E-state index is 15.0. The molecule has 42 heavy (non-hydrogen) atoms. The Balaban J connectivity index is 1.56. The molecule has 7 nitrogen and oxygen atoms in total. The first kappa shape index (κ1) is 30.9. The van der Waals surface area contributed by atoms with Crippen LogP contribution in [0.5, 0.6) is 5.75 Å². The molecule has 1 N–H and O–H groups in total. The van der Waals surface area contributed by atoms with Gasteiger partial charge in [-0.15, -0.1) is 0 Å². The van der Waals surface area contributed by atoms with E-state index in [9.17, 15) is 23.2 Å². The number of urea groups is 1. The number of hydrogen-bond acceptors (Lipinski definition) is 5. The fraction of sp³-hybridized carbons (Fsp3) is 0.344. The number of carbonyl (C=O) groups excluding carboxylic acids is 3. The van der Waals surface area contributed by atoms with E-state index in [1.165, 1.54) is 24.0 Å². The summed E-state index contributed by atoms with van der Waals surface area (Å²) in [5.41, 5.74) is 2.43. The Morgan fingerprint density at radius 1 is 1.00 bits per heavy atom. The third-order valence-corrected chi connectivity index (χ3v) is 9.27. The van der Waals surface area contributed by atoms with E-state index in [0.29, 0.717) is 17.7 Å². The van der Waals surface area contributed by atoms with Crippen molar-refractivity contribution < 1.29 is 32.6 Å². The molecule has 2 atom stereocenters. The van der Waals surface area contributed by atoms with Gasteiger partial charge in [0, 0.05) is 18.2 Å². The normalized spacial score (nSPS) is 15.4. The van der Waals surface area contributed by atoms with E-state index >= 15 is 0 Å². The highest BCUT2D eigenvalue weighted by Gasteiger charge is 2.37. The molecular formula is C32H36F2N2O5Si. The molecule has 0 saturated carbocycles. The number of nitrogens with zero attached hydrogens (tertiary/aromatic N) is 1. The molecule has 0 radical (unpaired) electrons. The molecule has 1 aliphatic heterocycles. The fourth-order valence-electron chi connectivity index (χ4n) is 5.22. The molecule has 0 fully saturated rings. The minimum Gasteiger partial charge on any atom is -0.497 e. The summed E-state index contributed by atoms with van der Waals surface area (Å²) >= 11 is 0. The summed E-state index contributed by atoms with van der Waals surface area (Å²) in [5.74, 6) is -1.74. The third kappa shape index (κ3) is 7.04. The number of carbonyl (C=O) groups is 3. The summed E-state index contributed by atoms with van der Waals surface area (Å²) in [6.45, 7) is 7.30. The molecule has 0 saturated heterocycles. The van der Waals surface area contributed by atoms with E-state index in [1.54, 1.807) is 19.2 Å². The van der Waals surface area contributed by atoms with E-state index < -0.39 is 49.6 Å². The van der Waals surface area contributed by atoms with Crippen LogP contribution in [0.25, 0.3) is 0 Å². The van der Waals surface area contributed by atoms with Gasteiger partial charge in [0.25, 0.3) is 0 Å². The highest BCUT2D eigenvalue weighted by molar-refractivity contribution is 6.88. The van der Waals surface area contributed by atoms with Crippen molar-refractivity contribution in [3.05, 3.63) is 94.6 Å². The number of amides is 2. The van der Waals surface area contributed by atoms with Crippen LogP contribution in [0, 0.1) is 11.6 Å². The molecule has 1 aliphatic rings. The first-order chi connectivity index (χ1) is 19.9. The predicted octanol–water partition coefficient (Wildman–Crippen LogP) is 5.07. The summed E-state index contributed by atoms with van der Waals surface area (Å²) in [4.78, 5) is 41.2. The molecule has 10 heteroatoms. The maximum atomic E-state index is 15.0. The predicted molar refractivity (Wildman–Crippen MR) is 158 cm³/mol. The second-order valence-corrected chi connectivity index (χ2v) is 16.5. The van der Waals surface area contributed by atoms with Gasteiger partial charge >= 0.3 is 12.0 Å². The van der Waals surface area contributed by atoms with Crippen LogP contribution in [0.1, 0.15) is 35.2 Å². The van der Waals surface area contributed by atoms with Crippen molar-refractivity contribution in [2.24, 2.45) is 0 Å². The van der Waals surface area contributed by atoms with Crippen LogP contribution in [-0.2, 0) is 33.8 Å². The highest BCUT2D eigenvalue weighted by Crippen LogP contribution is 2.34. The molecule has 4 rings (SSSR count). The second kappa shape index (κ2) is 12.9. The largest absolute Gasteiger partial charge is 0.497 e. The zero-order valence-electron chi connectivity index (χ0n) is 24.5. The number of halogens is 2. The lowest BCUT2D eigenvalue weighted by molar-refractivity contribution is -0.146. The number of methoxy groups -OCH3 is 1. The summed E-state index contributed by atoms with van der Waals surface area (Å²) in [6.07, 6.45) is 0.166. The van der Waals surface area contributed by atoms with Gasteiger partial charge in [-0.3, -0.25) is 4.79 Å². The number of ether oxygens (including phenoxy) is 2. The number of nitrogens with one attached hydrogen (secondary N) is 1. The Labute approximate surface area is 245 Å². The number of ketones is 1. The zero-order valence-corrected chi connectivity index (χ0v) is 25.5. The first-order valence-electron chi connectivity index (χ1n) is 13.8. The lowest BCUT2D eigenvalue weighted by Gasteiger charge is -2.37. The molecule has 0 spiro atoms. The summed E-state index contributed by atoms with van der Waals surface area (Å²) in [7, 11) is -0.756. The molecule has 0 bridgehead atoms. The smallest absolute Gasteiger partial charge is 0.328 e. The van der Waals surface area contributed by atoms with Crippen LogP contribution >= 0.6 is 0 Å². The van der Waals surface area contributed by atoms with Crippen molar-refractivity contribution in [1.82, 2.24) is 10.2 Å². The van der Waals surface area contributed by atoms with E-state index in [2.05, 4.69) is 5.32 Å². The molecule has 3 aromatic carbocycles. The third-order valence-electron chi connectivity index (χ3n) is 7.29. The molecule has 3 aromatic rings. The average molecular weight is 595 g/mol. The van der Waals surface area contributed by atoms with Crippen LogP contribution in [-0.4, -0.2) is 50.5 Å². The molecule has 2 amide bonds. The van der Waals surface area contributed by atoms with E-state index in [-0.39, 0.29) is 30.3 Å². The minimum absolute atomic E-state index is 0.0591. The molecule has 222 valence electrons. The van der Waals surface area contributed by atoms with Gasteiger partial charge in [-0.25, -0.2) is 18.4 Å². The lowest BCUT2D eigenvalue weighted by atomic mass is 9.88. The molecule has 0 unspecified atom stereocenters. The summed E-state index contributed by atoms with van der Waals surface area (Å²) in [6, 6.07) is 14.2. The number of benzene rings is 3. The van der Waals surface area contributed by atoms with Crippen molar-refractivity contribution in [2.45, 2.75) is 58.1 Å². The van der Waals surface area contributed by atoms with Gasteiger partial charge in [-0.1, -0.05) is 56.0 Å².